The van der Waals surface area contributed by atoms with Gasteiger partial charge in [-0.15, -0.1) is 0 Å². The van der Waals surface area contributed by atoms with E-state index in [-0.39, 0.29) is 4.11 Å². The van der Waals surface area contributed by atoms with E-state index in [1.165, 1.54) is 10.8 Å². The molecule has 0 rings (SSSR count). The first kappa shape index (κ1) is 15.3. The van der Waals surface area contributed by atoms with E-state index in [1.807, 2.05) is 39.3 Å². The zero-order valence-electron chi connectivity index (χ0n) is 5.49. The van der Waals surface area contributed by atoms with Gasteiger partial charge in [-0.1, -0.05) is 45.2 Å². The van der Waals surface area contributed by atoms with Crippen molar-refractivity contribution in [3.05, 3.63) is 0 Å². The molecule has 1 nitrogen and oxygen atoms in total. The number of hydrogen-bond donors (Lipinski definition) is 1. The summed E-state index contributed by atoms with van der Waals surface area (Å²) in [4.78, 5) is 0. The molecule has 0 aromatic rings. The van der Waals surface area contributed by atoms with Crippen LogP contribution in [0.25, 0.3) is 0 Å². The van der Waals surface area contributed by atoms with Crippen LogP contribution in [0.2, 0.25) is 0 Å². The minimum atomic E-state index is -0.129. The molecule has 0 saturated heterocycles. The summed E-state index contributed by atoms with van der Waals surface area (Å²) < 4.78 is 1.08. The van der Waals surface area contributed by atoms with Crippen molar-refractivity contribution >= 4 is 64.4 Å². The fraction of sp³-hybridized carbons (Fsp3) is 1.00. The molecule has 0 amide bonds. The molecule has 10 heavy (non-hydrogen) atoms. The van der Waals surface area contributed by atoms with Crippen LogP contribution in [-0.4, -0.2) is 13.6 Å². The van der Waals surface area contributed by atoms with Crippen LogP contribution in [0, 0.1) is 0 Å². The molecule has 1 atom stereocenters. The van der Waals surface area contributed by atoms with Crippen molar-refractivity contribution in [2.75, 3.05) is 4.43 Å². The van der Waals surface area contributed by atoms with Crippen molar-refractivity contribution in [1.82, 2.24) is 0 Å². The Bertz CT molecular complexity index is 54.2. The molecule has 0 spiro atoms. The summed E-state index contributed by atoms with van der Waals surface area (Å²) in [7, 11) is 0. The standard InChI is InChI=1S/C5H10I2O.HI.Ti/c6-4-2-1-3-5(7)8;;/h5,8H,1-4H2;1H;/q;;+1/p-1. The van der Waals surface area contributed by atoms with Crippen molar-refractivity contribution in [3.8, 4) is 0 Å². The van der Waals surface area contributed by atoms with Gasteiger partial charge in [-0.05, 0) is 23.7 Å². The molecule has 0 bridgehead atoms. The summed E-state index contributed by atoms with van der Waals surface area (Å²) in [5.74, 6) is 0. The molecule has 1 unspecified atom stereocenters. The number of alkyl halides is 2. The first-order valence-corrected chi connectivity index (χ1v) is 10.7. The Morgan fingerprint density at radius 3 is 2.10 bits per heavy atom. The van der Waals surface area contributed by atoms with E-state index < -0.39 is 0 Å². The van der Waals surface area contributed by atoms with E-state index in [4.69, 9.17) is 5.11 Å². The van der Waals surface area contributed by atoms with Gasteiger partial charge in [-0.25, -0.2) is 0 Å². The quantitative estimate of drug-likeness (QED) is 0.264. The van der Waals surface area contributed by atoms with E-state index in [9.17, 15) is 0 Å². The van der Waals surface area contributed by atoms with Gasteiger partial charge in [-0.2, -0.15) is 0 Å². The van der Waals surface area contributed by atoms with Crippen LogP contribution in [0.5, 0.6) is 0 Å². The van der Waals surface area contributed by atoms with E-state index in [2.05, 4.69) is 41.8 Å². The van der Waals surface area contributed by atoms with Crippen molar-refractivity contribution in [1.29, 1.82) is 0 Å². The number of aliphatic hydroxyl groups is 1. The van der Waals surface area contributed by atoms with E-state index in [1.54, 1.807) is 0 Å². The first-order valence-electron chi connectivity index (χ1n) is 2.84. The van der Waals surface area contributed by atoms with E-state index in [0.29, 0.717) is 0 Å². The Labute approximate surface area is 112 Å². The van der Waals surface area contributed by atoms with Crippen molar-refractivity contribution in [3.63, 3.8) is 0 Å². The number of aliphatic hydroxyl groups excluding tert-OH is 1. The van der Waals surface area contributed by atoms with E-state index in [0.717, 1.165) is 12.8 Å². The second-order valence-electron chi connectivity index (χ2n) is 1.62. The summed E-state index contributed by atoms with van der Waals surface area (Å²) in [6.07, 6.45) is 3.34. The molecular formula is C5H10I3OTi. The van der Waals surface area contributed by atoms with Gasteiger partial charge in [-0.3, -0.25) is 0 Å². The van der Waals surface area contributed by atoms with Gasteiger partial charge < -0.3 is 5.11 Å². The van der Waals surface area contributed by atoms with Crippen LogP contribution in [0.15, 0.2) is 0 Å². The summed E-state index contributed by atoms with van der Waals surface area (Å²) in [6.45, 7) is 0. The van der Waals surface area contributed by atoms with Gasteiger partial charge in [0, 0.05) is 0 Å². The topological polar surface area (TPSA) is 20.2 Å². The minimum absolute atomic E-state index is 0.129. The molecule has 0 saturated carbocycles. The average molecular weight is 515 g/mol. The maximum absolute atomic E-state index is 8.76. The normalized spacial score (nSPS) is 11.5. The number of unbranched alkanes of at least 4 members (excludes halogenated alkanes) is 1. The van der Waals surface area contributed by atoms with Gasteiger partial charge in [0.05, 0.1) is 0 Å². The van der Waals surface area contributed by atoms with Gasteiger partial charge >= 0.3 is 35.9 Å². The zero-order chi connectivity index (χ0) is 8.41. The second-order valence-corrected chi connectivity index (χ2v) is 4.14. The Hall–Kier alpha value is 2.86. The molecule has 0 fully saturated rings. The fourth-order valence-corrected chi connectivity index (χ4v) is 1.39. The average Bonchev–Trinajstić information content (AvgIpc) is 1.92. The Morgan fingerprint density at radius 1 is 1.30 bits per heavy atom. The number of hydrogen-bond acceptors (Lipinski definition) is 1. The molecular weight excluding hydrogens is 505 g/mol. The van der Waals surface area contributed by atoms with Crippen LogP contribution in [0.3, 0.4) is 0 Å². The molecule has 0 aliphatic heterocycles. The Balaban J connectivity index is 0. The van der Waals surface area contributed by atoms with Crippen molar-refractivity contribution in [2.45, 2.75) is 23.4 Å². The molecule has 61 valence electrons. The molecule has 1 N–H and O–H groups in total. The Kier molecular flexibility index (Phi) is 22.1. The maximum atomic E-state index is 8.76. The first-order chi connectivity index (χ1) is 4.77. The third-order valence-electron chi connectivity index (χ3n) is 0.826. The van der Waals surface area contributed by atoms with Crippen LogP contribution in [0.1, 0.15) is 19.3 Å². The van der Waals surface area contributed by atoms with Gasteiger partial charge in [0.25, 0.3) is 0 Å². The number of rotatable bonds is 4. The van der Waals surface area contributed by atoms with Crippen LogP contribution >= 0.6 is 64.4 Å². The van der Waals surface area contributed by atoms with E-state index >= 15 is 0 Å². The van der Waals surface area contributed by atoms with Crippen molar-refractivity contribution in [2.24, 2.45) is 0 Å². The molecule has 0 aliphatic carbocycles. The molecule has 0 heterocycles. The number of halogens is 3. The summed E-state index contributed by atoms with van der Waals surface area (Å²) in [6, 6.07) is 0. The SMILES string of the molecule is OC(I)CCCCI.[Ti][I]. The molecule has 0 aromatic carbocycles. The fourth-order valence-electron chi connectivity index (χ4n) is 0.407. The molecule has 0 aliphatic rings. The monoisotopic (exact) mass is 515 g/mol. The summed E-state index contributed by atoms with van der Waals surface area (Å²) >= 11 is 8.51. The van der Waals surface area contributed by atoms with Crippen LogP contribution < -0.4 is 0 Å². The molecule has 0 radical (unpaired) electrons. The summed E-state index contributed by atoms with van der Waals surface area (Å²) in [5, 5.41) is 8.76. The summed E-state index contributed by atoms with van der Waals surface area (Å²) in [5.41, 5.74) is 0. The third kappa shape index (κ3) is 17.1. The molecule has 5 heteroatoms. The van der Waals surface area contributed by atoms with Crippen LogP contribution in [0.4, 0.5) is 0 Å². The predicted molar refractivity (Wildman–Crippen MR) is 66.8 cm³/mol. The van der Waals surface area contributed by atoms with Gasteiger partial charge in [0.1, 0.15) is 4.11 Å². The van der Waals surface area contributed by atoms with Crippen molar-refractivity contribution < 1.29 is 21.8 Å². The molecule has 0 aromatic heterocycles. The van der Waals surface area contributed by atoms with Crippen LogP contribution in [-0.2, 0) is 16.7 Å². The van der Waals surface area contributed by atoms with Gasteiger partial charge in [0.2, 0.25) is 0 Å². The van der Waals surface area contributed by atoms with Gasteiger partial charge in [0.15, 0.2) is 0 Å². The Morgan fingerprint density at radius 2 is 1.80 bits per heavy atom. The zero-order valence-corrected chi connectivity index (χ0v) is 13.5. The predicted octanol–water partition coefficient (Wildman–Crippen LogP) is 3.23. The third-order valence-corrected chi connectivity index (χ3v) is 2.21. The second kappa shape index (κ2) is 14.4.